The predicted molar refractivity (Wildman–Crippen MR) is 58.1 cm³/mol. The molecule has 0 aromatic heterocycles. The molecule has 0 amide bonds. The Bertz CT molecular complexity index is 310. The third-order valence-electron chi connectivity index (χ3n) is 1.95. The van der Waals surface area contributed by atoms with Crippen LogP contribution >= 0.6 is 12.2 Å². The zero-order valence-corrected chi connectivity index (χ0v) is 8.60. The maximum absolute atomic E-state index is 5.09. The molecule has 0 saturated carbocycles. The number of rotatable bonds is 3. The lowest BCUT2D eigenvalue weighted by Crippen LogP contribution is -2.04. The average Bonchev–Trinajstić information content (AvgIpc) is 2.16. The quantitative estimate of drug-likeness (QED) is 0.594. The summed E-state index contributed by atoms with van der Waals surface area (Å²) >= 11 is 4.86. The molecule has 2 N–H and O–H groups in total. The molecule has 1 aromatic carbocycles. The van der Waals surface area contributed by atoms with E-state index >= 15 is 0 Å². The molecular formula is C10H13NOS. The van der Waals surface area contributed by atoms with Gasteiger partial charge in [-0.25, -0.2) is 0 Å². The highest BCUT2D eigenvalue weighted by atomic mass is 32.1. The first-order valence-corrected chi connectivity index (χ1v) is 4.62. The van der Waals surface area contributed by atoms with Crippen molar-refractivity contribution in [3.05, 3.63) is 29.3 Å². The summed E-state index contributed by atoms with van der Waals surface area (Å²) in [4.78, 5) is 4.67. The normalized spacial score (nSPS) is 10.2. The van der Waals surface area contributed by atoms with E-state index in [0.717, 1.165) is 5.56 Å². The Kier molecular flexibility index (Phi) is 3.39. The molecule has 0 spiro atoms. The van der Waals surface area contributed by atoms with Gasteiger partial charge in [0.15, 0.2) is 5.75 Å². The van der Waals surface area contributed by atoms with Gasteiger partial charge < -0.3 is 4.84 Å². The lowest BCUT2D eigenvalue weighted by Gasteiger charge is -2.08. The molecule has 0 saturated heterocycles. The molecular weight excluding hydrogens is 182 g/mol. The largest absolute Gasteiger partial charge is 0.411 e. The lowest BCUT2D eigenvalue weighted by atomic mass is 10.0. The van der Waals surface area contributed by atoms with Crippen LogP contribution in [-0.2, 0) is 0 Å². The van der Waals surface area contributed by atoms with Gasteiger partial charge in [0.1, 0.15) is 0 Å². The molecule has 0 aliphatic rings. The maximum Gasteiger partial charge on any atom is 0.154 e. The summed E-state index contributed by atoms with van der Waals surface area (Å²) < 4.78 is 0. The van der Waals surface area contributed by atoms with Crippen LogP contribution in [-0.4, -0.2) is 5.37 Å². The maximum atomic E-state index is 5.09. The molecule has 0 radical (unpaired) electrons. The zero-order chi connectivity index (χ0) is 9.84. The van der Waals surface area contributed by atoms with Gasteiger partial charge in [-0.2, -0.15) is 5.90 Å². The van der Waals surface area contributed by atoms with Gasteiger partial charge in [-0.05, 0) is 23.6 Å². The number of hydrogen-bond donors (Lipinski definition) is 1. The SMILES string of the molecule is CC(C)c1ccc(ON)c(C=S)c1. The Morgan fingerprint density at radius 1 is 1.46 bits per heavy atom. The minimum Gasteiger partial charge on any atom is -0.411 e. The molecule has 70 valence electrons. The zero-order valence-electron chi connectivity index (χ0n) is 7.78. The van der Waals surface area contributed by atoms with E-state index in [2.05, 4.69) is 18.7 Å². The summed E-state index contributed by atoms with van der Waals surface area (Å²) in [5, 5.41) is 1.58. The van der Waals surface area contributed by atoms with E-state index in [-0.39, 0.29) is 0 Å². The standard InChI is InChI=1S/C10H13NOS/c1-7(2)8-3-4-10(12-11)9(5-8)6-13/h3-7H,11H2,1-2H3. The highest BCUT2D eigenvalue weighted by Crippen LogP contribution is 2.22. The molecule has 0 unspecified atom stereocenters. The van der Waals surface area contributed by atoms with E-state index in [1.54, 1.807) is 5.37 Å². The molecule has 13 heavy (non-hydrogen) atoms. The van der Waals surface area contributed by atoms with Crippen molar-refractivity contribution in [2.75, 3.05) is 0 Å². The summed E-state index contributed by atoms with van der Waals surface area (Å²) in [6.45, 7) is 4.26. The van der Waals surface area contributed by atoms with Gasteiger partial charge in [-0.15, -0.1) is 0 Å². The molecule has 0 aliphatic heterocycles. The number of hydrogen-bond acceptors (Lipinski definition) is 3. The van der Waals surface area contributed by atoms with Crippen LogP contribution in [0.25, 0.3) is 0 Å². The first-order valence-electron chi connectivity index (χ1n) is 4.15. The topological polar surface area (TPSA) is 35.2 Å². The lowest BCUT2D eigenvalue weighted by molar-refractivity contribution is 0.334. The van der Waals surface area contributed by atoms with Gasteiger partial charge in [0.05, 0.1) is 0 Å². The smallest absolute Gasteiger partial charge is 0.154 e. The van der Waals surface area contributed by atoms with Crippen LogP contribution in [0.4, 0.5) is 0 Å². The Balaban J connectivity index is 3.13. The van der Waals surface area contributed by atoms with Crippen LogP contribution in [0.1, 0.15) is 30.9 Å². The third kappa shape index (κ3) is 2.26. The fourth-order valence-corrected chi connectivity index (χ4v) is 1.31. The first-order chi connectivity index (χ1) is 6.19. The molecule has 0 atom stereocenters. The molecule has 0 fully saturated rings. The first kappa shape index (κ1) is 10.2. The predicted octanol–water partition coefficient (Wildman–Crippen LogP) is 2.41. The molecule has 0 aliphatic carbocycles. The van der Waals surface area contributed by atoms with Crippen LogP contribution < -0.4 is 10.7 Å². The Hall–Kier alpha value is -0.930. The molecule has 2 nitrogen and oxygen atoms in total. The second-order valence-corrected chi connectivity index (χ2v) is 3.42. The average molecular weight is 195 g/mol. The van der Waals surface area contributed by atoms with Crippen molar-refractivity contribution < 1.29 is 4.84 Å². The summed E-state index contributed by atoms with van der Waals surface area (Å²) in [5.41, 5.74) is 2.10. The van der Waals surface area contributed by atoms with Crippen LogP contribution in [0.3, 0.4) is 0 Å². The van der Waals surface area contributed by atoms with Gasteiger partial charge in [0.25, 0.3) is 0 Å². The van der Waals surface area contributed by atoms with E-state index in [0.29, 0.717) is 11.7 Å². The fourth-order valence-electron chi connectivity index (χ4n) is 1.13. The van der Waals surface area contributed by atoms with Crippen molar-refractivity contribution in [3.63, 3.8) is 0 Å². The van der Waals surface area contributed by atoms with Crippen LogP contribution in [0, 0.1) is 0 Å². The molecule has 0 bridgehead atoms. The summed E-state index contributed by atoms with van der Waals surface area (Å²) in [7, 11) is 0. The second-order valence-electron chi connectivity index (χ2n) is 3.19. The van der Waals surface area contributed by atoms with Gasteiger partial charge >= 0.3 is 0 Å². The highest BCUT2D eigenvalue weighted by molar-refractivity contribution is 7.79. The van der Waals surface area contributed by atoms with Crippen molar-refractivity contribution >= 4 is 17.6 Å². The van der Waals surface area contributed by atoms with E-state index in [1.807, 2.05) is 18.2 Å². The van der Waals surface area contributed by atoms with E-state index in [4.69, 9.17) is 18.1 Å². The van der Waals surface area contributed by atoms with Crippen molar-refractivity contribution in [2.24, 2.45) is 5.90 Å². The Morgan fingerprint density at radius 3 is 2.62 bits per heavy atom. The van der Waals surface area contributed by atoms with Crippen molar-refractivity contribution in [1.82, 2.24) is 0 Å². The summed E-state index contributed by atoms with van der Waals surface area (Å²) in [5.74, 6) is 6.20. The van der Waals surface area contributed by atoms with Gasteiger partial charge in [-0.3, -0.25) is 0 Å². The summed E-state index contributed by atoms with van der Waals surface area (Å²) in [6.07, 6.45) is 0. The highest BCUT2D eigenvalue weighted by Gasteiger charge is 2.04. The molecule has 1 aromatic rings. The van der Waals surface area contributed by atoms with E-state index in [1.165, 1.54) is 5.56 Å². The van der Waals surface area contributed by atoms with Crippen molar-refractivity contribution in [2.45, 2.75) is 19.8 Å². The van der Waals surface area contributed by atoms with Gasteiger partial charge in [0, 0.05) is 10.9 Å². The van der Waals surface area contributed by atoms with Crippen LogP contribution in [0.5, 0.6) is 5.75 Å². The fraction of sp³-hybridized carbons (Fsp3) is 0.300. The Labute approximate surface area is 83.7 Å². The van der Waals surface area contributed by atoms with Crippen LogP contribution in [0.2, 0.25) is 0 Å². The number of thiocarbonyl (C=S) groups is 1. The van der Waals surface area contributed by atoms with E-state index in [9.17, 15) is 0 Å². The van der Waals surface area contributed by atoms with E-state index < -0.39 is 0 Å². The van der Waals surface area contributed by atoms with Gasteiger partial charge in [0.2, 0.25) is 0 Å². The van der Waals surface area contributed by atoms with Gasteiger partial charge in [-0.1, -0.05) is 32.1 Å². The minimum atomic E-state index is 0.487. The Morgan fingerprint density at radius 2 is 2.15 bits per heavy atom. The molecule has 3 heteroatoms. The minimum absolute atomic E-state index is 0.487. The molecule has 0 heterocycles. The number of nitrogens with two attached hydrogens (primary N) is 1. The summed E-state index contributed by atoms with van der Waals surface area (Å²) in [6, 6.07) is 5.84. The van der Waals surface area contributed by atoms with Crippen molar-refractivity contribution in [1.29, 1.82) is 0 Å². The monoisotopic (exact) mass is 195 g/mol. The number of benzene rings is 1. The van der Waals surface area contributed by atoms with Crippen LogP contribution in [0.15, 0.2) is 18.2 Å². The molecule has 1 rings (SSSR count). The second kappa shape index (κ2) is 4.35. The van der Waals surface area contributed by atoms with Crippen molar-refractivity contribution in [3.8, 4) is 5.75 Å². The third-order valence-corrected chi connectivity index (χ3v) is 2.21.